The molecule has 122 valence electrons. The summed E-state index contributed by atoms with van der Waals surface area (Å²) >= 11 is 0. The standard InChI is InChI=1S/C20H12F2N2O/c21-14-8-4-12(5-9-14)16-2-1-3-17-18(16)19(23-24-20(17)25)13-6-10-15(22)11-7-13/h1-11H,(H,24,25). The van der Waals surface area contributed by atoms with Gasteiger partial charge in [0.05, 0.1) is 11.1 Å². The fourth-order valence-electron chi connectivity index (χ4n) is 2.91. The molecule has 0 saturated carbocycles. The molecule has 0 aliphatic heterocycles. The summed E-state index contributed by atoms with van der Waals surface area (Å²) in [4.78, 5) is 12.2. The minimum atomic E-state index is -0.351. The van der Waals surface area contributed by atoms with Crippen LogP contribution in [0, 0.1) is 11.6 Å². The lowest BCUT2D eigenvalue weighted by Gasteiger charge is -2.11. The predicted molar refractivity (Wildman–Crippen MR) is 93.2 cm³/mol. The fourth-order valence-corrected chi connectivity index (χ4v) is 2.91. The molecule has 0 aliphatic carbocycles. The van der Waals surface area contributed by atoms with Crippen molar-refractivity contribution in [3.8, 4) is 22.4 Å². The molecule has 4 aromatic rings. The summed E-state index contributed by atoms with van der Waals surface area (Å²) in [5.74, 6) is -0.685. The second kappa shape index (κ2) is 5.94. The molecule has 25 heavy (non-hydrogen) atoms. The topological polar surface area (TPSA) is 45.8 Å². The monoisotopic (exact) mass is 334 g/mol. The first kappa shape index (κ1) is 15.2. The summed E-state index contributed by atoms with van der Waals surface area (Å²) in [7, 11) is 0. The molecular weight excluding hydrogens is 322 g/mol. The average Bonchev–Trinajstić information content (AvgIpc) is 2.63. The smallest absolute Gasteiger partial charge is 0.267 e. The normalized spacial score (nSPS) is 11.0. The summed E-state index contributed by atoms with van der Waals surface area (Å²) in [6, 6.07) is 17.3. The van der Waals surface area contributed by atoms with Crippen LogP contribution in [0.4, 0.5) is 8.78 Å². The van der Waals surface area contributed by atoms with Gasteiger partial charge in [0.25, 0.3) is 5.56 Å². The quantitative estimate of drug-likeness (QED) is 0.585. The van der Waals surface area contributed by atoms with Crippen LogP contribution in [0.15, 0.2) is 71.5 Å². The van der Waals surface area contributed by atoms with Crippen molar-refractivity contribution in [1.29, 1.82) is 0 Å². The highest BCUT2D eigenvalue weighted by Crippen LogP contribution is 2.33. The fraction of sp³-hybridized carbons (Fsp3) is 0. The molecule has 0 bridgehead atoms. The van der Waals surface area contributed by atoms with E-state index in [0.717, 1.165) is 11.1 Å². The van der Waals surface area contributed by atoms with Gasteiger partial charge in [-0.1, -0.05) is 24.3 Å². The van der Waals surface area contributed by atoms with Crippen LogP contribution in [0.2, 0.25) is 0 Å². The van der Waals surface area contributed by atoms with Crippen LogP contribution in [0.5, 0.6) is 0 Å². The highest BCUT2D eigenvalue weighted by Gasteiger charge is 2.14. The first-order valence-corrected chi connectivity index (χ1v) is 7.67. The van der Waals surface area contributed by atoms with Crippen LogP contribution in [-0.2, 0) is 0 Å². The molecule has 4 rings (SSSR count). The van der Waals surface area contributed by atoms with Crippen LogP contribution < -0.4 is 5.56 Å². The zero-order chi connectivity index (χ0) is 17.4. The van der Waals surface area contributed by atoms with E-state index in [0.29, 0.717) is 22.0 Å². The largest absolute Gasteiger partial charge is 0.272 e. The molecule has 3 aromatic carbocycles. The van der Waals surface area contributed by atoms with Crippen molar-refractivity contribution in [2.75, 3.05) is 0 Å². The van der Waals surface area contributed by atoms with E-state index in [2.05, 4.69) is 10.2 Å². The van der Waals surface area contributed by atoms with Crippen molar-refractivity contribution in [2.24, 2.45) is 0 Å². The van der Waals surface area contributed by atoms with Crippen LogP contribution in [0.25, 0.3) is 33.2 Å². The molecule has 0 fully saturated rings. The summed E-state index contributed by atoms with van der Waals surface area (Å²) in [5.41, 5.74) is 2.43. The van der Waals surface area contributed by atoms with Crippen LogP contribution in [-0.4, -0.2) is 10.2 Å². The number of halogens is 2. The molecule has 0 saturated heterocycles. The third-order valence-electron chi connectivity index (χ3n) is 4.09. The van der Waals surface area contributed by atoms with E-state index in [9.17, 15) is 13.6 Å². The molecular formula is C20H12F2N2O. The van der Waals surface area contributed by atoms with Crippen molar-refractivity contribution >= 4 is 10.8 Å². The van der Waals surface area contributed by atoms with Crippen LogP contribution >= 0.6 is 0 Å². The van der Waals surface area contributed by atoms with Gasteiger partial charge in [-0.15, -0.1) is 0 Å². The number of fused-ring (bicyclic) bond motifs is 1. The Balaban J connectivity index is 2.07. The van der Waals surface area contributed by atoms with E-state index in [1.54, 1.807) is 36.4 Å². The first-order chi connectivity index (χ1) is 12.1. The third-order valence-corrected chi connectivity index (χ3v) is 4.09. The Bertz CT molecular complexity index is 1070. The zero-order valence-corrected chi connectivity index (χ0v) is 13.0. The number of aromatic amines is 1. The van der Waals surface area contributed by atoms with Crippen molar-refractivity contribution in [1.82, 2.24) is 10.2 Å². The zero-order valence-electron chi connectivity index (χ0n) is 13.0. The van der Waals surface area contributed by atoms with E-state index in [1.807, 2.05) is 6.07 Å². The number of hydrogen-bond acceptors (Lipinski definition) is 2. The number of H-pyrrole nitrogens is 1. The number of rotatable bonds is 2. The minimum absolute atomic E-state index is 0.315. The van der Waals surface area contributed by atoms with Gasteiger partial charge in [-0.05, 0) is 53.6 Å². The summed E-state index contributed by atoms with van der Waals surface area (Å²) < 4.78 is 26.5. The third kappa shape index (κ3) is 2.70. The SMILES string of the molecule is O=c1[nH]nc(-c2ccc(F)cc2)c2c(-c3ccc(F)cc3)cccc12. The molecule has 0 unspecified atom stereocenters. The van der Waals surface area contributed by atoms with Crippen molar-refractivity contribution < 1.29 is 8.78 Å². The van der Waals surface area contributed by atoms with Crippen molar-refractivity contribution in [2.45, 2.75) is 0 Å². The number of aromatic nitrogens is 2. The Kier molecular flexibility index (Phi) is 3.61. The number of benzene rings is 3. The molecule has 3 nitrogen and oxygen atoms in total. The van der Waals surface area contributed by atoms with E-state index < -0.39 is 0 Å². The Hall–Kier alpha value is -3.34. The Morgan fingerprint density at radius 3 is 2.00 bits per heavy atom. The van der Waals surface area contributed by atoms with Gasteiger partial charge in [0.2, 0.25) is 0 Å². The number of hydrogen-bond donors (Lipinski definition) is 1. The average molecular weight is 334 g/mol. The van der Waals surface area contributed by atoms with E-state index in [-0.39, 0.29) is 17.2 Å². The van der Waals surface area contributed by atoms with Gasteiger partial charge in [0.1, 0.15) is 11.6 Å². The number of nitrogens with one attached hydrogen (secondary N) is 1. The maximum Gasteiger partial charge on any atom is 0.272 e. The number of nitrogens with zero attached hydrogens (tertiary/aromatic N) is 1. The first-order valence-electron chi connectivity index (χ1n) is 7.67. The second-order valence-electron chi connectivity index (χ2n) is 5.64. The van der Waals surface area contributed by atoms with Crippen molar-refractivity contribution in [3.63, 3.8) is 0 Å². The lowest BCUT2D eigenvalue weighted by Crippen LogP contribution is -2.10. The highest BCUT2D eigenvalue weighted by molar-refractivity contribution is 6.04. The van der Waals surface area contributed by atoms with E-state index in [1.165, 1.54) is 24.3 Å². The Morgan fingerprint density at radius 2 is 1.36 bits per heavy atom. The Labute approximate surface area is 141 Å². The molecule has 0 amide bonds. The summed E-state index contributed by atoms with van der Waals surface area (Å²) in [6.45, 7) is 0. The molecule has 1 aromatic heterocycles. The van der Waals surface area contributed by atoms with Gasteiger partial charge >= 0.3 is 0 Å². The van der Waals surface area contributed by atoms with Crippen molar-refractivity contribution in [3.05, 3.63) is 88.7 Å². The van der Waals surface area contributed by atoms with Gasteiger partial charge < -0.3 is 0 Å². The van der Waals surface area contributed by atoms with Gasteiger partial charge in [-0.25, -0.2) is 13.9 Å². The molecule has 1 N–H and O–H groups in total. The maximum atomic E-state index is 13.3. The summed E-state index contributed by atoms with van der Waals surface area (Å²) in [6.07, 6.45) is 0. The van der Waals surface area contributed by atoms with Gasteiger partial charge in [0.15, 0.2) is 0 Å². The molecule has 0 aliphatic rings. The molecule has 0 atom stereocenters. The van der Waals surface area contributed by atoms with Gasteiger partial charge in [-0.3, -0.25) is 4.79 Å². The van der Waals surface area contributed by atoms with E-state index in [4.69, 9.17) is 0 Å². The Morgan fingerprint density at radius 1 is 0.760 bits per heavy atom. The molecule has 0 radical (unpaired) electrons. The highest BCUT2D eigenvalue weighted by atomic mass is 19.1. The minimum Gasteiger partial charge on any atom is -0.267 e. The van der Waals surface area contributed by atoms with Gasteiger partial charge in [0, 0.05) is 10.9 Å². The molecule has 1 heterocycles. The van der Waals surface area contributed by atoms with Gasteiger partial charge in [-0.2, -0.15) is 5.10 Å². The van der Waals surface area contributed by atoms with Crippen LogP contribution in [0.1, 0.15) is 0 Å². The molecule has 5 heteroatoms. The predicted octanol–water partition coefficient (Wildman–Crippen LogP) is 4.54. The lowest BCUT2D eigenvalue weighted by atomic mass is 9.95. The summed E-state index contributed by atoms with van der Waals surface area (Å²) in [5, 5.41) is 7.77. The second-order valence-corrected chi connectivity index (χ2v) is 5.64. The lowest BCUT2D eigenvalue weighted by molar-refractivity contribution is 0.627. The molecule has 0 spiro atoms. The van der Waals surface area contributed by atoms with E-state index >= 15 is 0 Å². The van der Waals surface area contributed by atoms with Crippen LogP contribution in [0.3, 0.4) is 0 Å². The maximum absolute atomic E-state index is 13.3.